The Bertz CT molecular complexity index is 1830. The minimum atomic E-state index is -4.22. The molecular formula is C31H30N2O14S. The number of fused-ring (bicyclic) bond motifs is 2. The van der Waals surface area contributed by atoms with E-state index in [0.29, 0.717) is 11.1 Å². The third kappa shape index (κ3) is 8.44. The van der Waals surface area contributed by atoms with E-state index in [0.717, 1.165) is 21.9 Å². The third-order valence-corrected chi connectivity index (χ3v) is 8.87. The van der Waals surface area contributed by atoms with Gasteiger partial charge in [-0.3, -0.25) is 28.9 Å². The lowest BCUT2D eigenvalue weighted by Crippen LogP contribution is -2.37. The first-order valence-electron chi connectivity index (χ1n) is 14.1. The average Bonchev–Trinajstić information content (AvgIpc) is 2.98. The summed E-state index contributed by atoms with van der Waals surface area (Å²) in [7, 11) is -4.22. The topological polar surface area (TPSA) is 246 Å². The number of allylic oxidation sites excluding steroid dienone is 4. The zero-order chi connectivity index (χ0) is 35.2. The molecular weight excluding hydrogens is 656 g/mol. The Kier molecular flexibility index (Phi) is 11.0. The summed E-state index contributed by atoms with van der Waals surface area (Å²) in [5.74, 6) is -5.99. The number of hydrogen-bond donors (Lipinski definition) is 5. The number of ether oxygens (including phenoxy) is 2. The minimum absolute atomic E-state index is 0.000217. The number of carbonyl (C=O) groups excluding carboxylic acids is 1. The van der Waals surface area contributed by atoms with Crippen molar-refractivity contribution in [2.45, 2.75) is 4.90 Å². The molecule has 0 saturated carbocycles. The molecule has 1 heterocycles. The van der Waals surface area contributed by atoms with Crippen LogP contribution in [-0.4, -0.2) is 121 Å². The number of carboxylic acids is 4. The maximum atomic E-state index is 13.5. The maximum Gasteiger partial charge on any atom is 0.323 e. The number of phenolic OH excluding ortho intramolecular Hbond substituents is 1. The van der Waals surface area contributed by atoms with Crippen LogP contribution in [0, 0.1) is 0 Å². The molecule has 0 bridgehead atoms. The van der Waals surface area contributed by atoms with Gasteiger partial charge in [-0.05, 0) is 53.6 Å². The highest BCUT2D eigenvalue weighted by molar-refractivity contribution is 7.95. The predicted molar refractivity (Wildman–Crippen MR) is 165 cm³/mol. The number of benzene rings is 2. The molecule has 2 aromatic carbocycles. The highest BCUT2D eigenvalue weighted by Gasteiger charge is 2.37. The number of hydrogen-bond acceptors (Lipinski definition) is 12. The Hall–Kier alpha value is -5.52. The number of nitrogens with zero attached hydrogens (tertiary/aromatic N) is 2. The van der Waals surface area contributed by atoms with Gasteiger partial charge in [-0.15, -0.1) is 0 Å². The first-order chi connectivity index (χ1) is 22.7. The zero-order valence-corrected chi connectivity index (χ0v) is 25.9. The molecule has 254 valence electrons. The van der Waals surface area contributed by atoms with E-state index in [4.69, 9.17) is 19.7 Å². The molecule has 0 saturated heterocycles. The summed E-state index contributed by atoms with van der Waals surface area (Å²) in [6, 6.07) is 8.11. The largest absolute Gasteiger partial charge is 0.508 e. The van der Waals surface area contributed by atoms with E-state index in [1.54, 1.807) is 0 Å². The van der Waals surface area contributed by atoms with Crippen molar-refractivity contribution in [3.05, 3.63) is 76.2 Å². The van der Waals surface area contributed by atoms with Crippen LogP contribution in [0.2, 0.25) is 0 Å². The fourth-order valence-electron chi connectivity index (χ4n) is 5.15. The van der Waals surface area contributed by atoms with Crippen LogP contribution in [-0.2, 0) is 38.5 Å². The molecule has 1 aliphatic heterocycles. The van der Waals surface area contributed by atoms with Gasteiger partial charge in [0.05, 0.1) is 41.8 Å². The van der Waals surface area contributed by atoms with Gasteiger partial charge in [0.1, 0.15) is 31.2 Å². The van der Waals surface area contributed by atoms with Crippen molar-refractivity contribution < 1.29 is 67.4 Å². The van der Waals surface area contributed by atoms with Crippen LogP contribution in [0.5, 0.6) is 11.5 Å². The van der Waals surface area contributed by atoms with Gasteiger partial charge in [-0.1, -0.05) is 6.07 Å². The van der Waals surface area contributed by atoms with Crippen LogP contribution in [0.1, 0.15) is 11.1 Å². The summed E-state index contributed by atoms with van der Waals surface area (Å²) in [6.07, 6.45) is 3.51. The van der Waals surface area contributed by atoms with Gasteiger partial charge in [0.25, 0.3) is 0 Å². The number of anilines is 1. The first-order valence-corrected chi connectivity index (χ1v) is 15.6. The fraction of sp³-hybridized carbons (Fsp3) is 0.258. The minimum Gasteiger partial charge on any atom is -0.508 e. The zero-order valence-electron chi connectivity index (χ0n) is 25.1. The molecule has 2 aromatic rings. The molecule has 5 N–H and O–H groups in total. The number of sulfone groups is 1. The van der Waals surface area contributed by atoms with Gasteiger partial charge < -0.3 is 39.9 Å². The molecule has 1 aliphatic carbocycles. The Morgan fingerprint density at radius 3 is 2.04 bits per heavy atom. The molecule has 0 radical (unpaired) electrons. The Balaban J connectivity index is 1.70. The normalized spacial score (nSPS) is 14.6. The number of phenols is 1. The number of aliphatic carboxylic acids is 4. The number of aromatic hydroxyl groups is 1. The van der Waals surface area contributed by atoms with Crippen molar-refractivity contribution in [3.8, 4) is 11.5 Å². The van der Waals surface area contributed by atoms with Gasteiger partial charge in [-0.25, -0.2) is 8.42 Å². The molecule has 4 rings (SSSR count). The standard InChI is InChI=1S/C31H30N2O14S/c34-19-2-4-21-25(12-19)48(44,45)26-13-20(35)3-5-22(26)31(21)18-1-6-23(33(16-29(40)41)17-30(42)43)24(11-18)47-10-9-46-8-7-32(14-27(36)37)15-28(38)39/h1-6,11-13,34H,7-10,14-17H2,(H,36,37)(H,38,39)(H,40,41)(H,42,43). The summed E-state index contributed by atoms with van der Waals surface area (Å²) in [5, 5.41) is 47.0. The van der Waals surface area contributed by atoms with Crippen molar-refractivity contribution in [1.29, 1.82) is 0 Å². The van der Waals surface area contributed by atoms with Gasteiger partial charge in [0.15, 0.2) is 5.78 Å². The van der Waals surface area contributed by atoms with E-state index in [1.165, 1.54) is 42.5 Å². The highest BCUT2D eigenvalue weighted by atomic mass is 32.2. The summed E-state index contributed by atoms with van der Waals surface area (Å²) in [5.41, 5.74) is 1.13. The molecule has 0 atom stereocenters. The average molecular weight is 687 g/mol. The summed E-state index contributed by atoms with van der Waals surface area (Å²) >= 11 is 0. The summed E-state index contributed by atoms with van der Waals surface area (Å²) in [6.45, 7) is -2.82. The lowest BCUT2D eigenvalue weighted by atomic mass is 9.89. The van der Waals surface area contributed by atoms with E-state index in [-0.39, 0.29) is 64.5 Å². The van der Waals surface area contributed by atoms with Gasteiger partial charge in [0.2, 0.25) is 9.84 Å². The lowest BCUT2D eigenvalue weighted by molar-refractivity contribution is -0.142. The third-order valence-electron chi connectivity index (χ3n) is 7.03. The van der Waals surface area contributed by atoms with E-state index in [9.17, 15) is 47.7 Å². The SMILES string of the molecule is O=C1C=CC2=C(c3ccc(N(CC(=O)O)CC(=O)O)c(OCCOCCN(CC(=O)O)CC(=O)O)c3)c3ccc(O)cc3S(=O)(=O)C2=C1. The molecule has 0 amide bonds. The number of rotatable bonds is 17. The van der Waals surface area contributed by atoms with E-state index in [2.05, 4.69) is 0 Å². The van der Waals surface area contributed by atoms with Crippen LogP contribution >= 0.6 is 0 Å². The highest BCUT2D eigenvalue weighted by Crippen LogP contribution is 2.46. The second-order valence-electron chi connectivity index (χ2n) is 10.5. The van der Waals surface area contributed by atoms with Crippen LogP contribution in [0.15, 0.2) is 70.0 Å². The predicted octanol–water partition coefficient (Wildman–Crippen LogP) is 0.846. The van der Waals surface area contributed by atoms with E-state index < -0.39 is 65.7 Å². The Labute approximate surface area is 272 Å². The van der Waals surface area contributed by atoms with Crippen molar-refractivity contribution in [1.82, 2.24) is 4.90 Å². The first kappa shape index (κ1) is 35.3. The van der Waals surface area contributed by atoms with Crippen molar-refractivity contribution in [2.24, 2.45) is 0 Å². The van der Waals surface area contributed by atoms with Crippen LogP contribution in [0.4, 0.5) is 5.69 Å². The monoisotopic (exact) mass is 686 g/mol. The van der Waals surface area contributed by atoms with Gasteiger partial charge >= 0.3 is 23.9 Å². The number of carboxylic acid groups (broad SMARTS) is 4. The van der Waals surface area contributed by atoms with Crippen molar-refractivity contribution in [3.63, 3.8) is 0 Å². The molecule has 17 heteroatoms. The molecule has 48 heavy (non-hydrogen) atoms. The molecule has 16 nitrogen and oxygen atoms in total. The molecule has 0 aromatic heterocycles. The van der Waals surface area contributed by atoms with Crippen molar-refractivity contribution in [2.75, 3.05) is 57.4 Å². The molecule has 0 spiro atoms. The molecule has 0 fully saturated rings. The number of carbonyl (C=O) groups is 5. The quantitative estimate of drug-likeness (QED) is 0.145. The lowest BCUT2D eigenvalue weighted by Gasteiger charge is -2.28. The van der Waals surface area contributed by atoms with Crippen LogP contribution in [0.25, 0.3) is 5.57 Å². The van der Waals surface area contributed by atoms with Crippen LogP contribution in [0.3, 0.4) is 0 Å². The molecule has 0 unspecified atom stereocenters. The summed E-state index contributed by atoms with van der Waals surface area (Å²) < 4.78 is 38.4. The number of ketones is 1. The second kappa shape index (κ2) is 14.9. The maximum absolute atomic E-state index is 13.5. The summed E-state index contributed by atoms with van der Waals surface area (Å²) in [4.78, 5) is 59.1. The van der Waals surface area contributed by atoms with Crippen LogP contribution < -0.4 is 9.64 Å². The van der Waals surface area contributed by atoms with Gasteiger partial charge in [0, 0.05) is 23.8 Å². The fourth-order valence-corrected chi connectivity index (χ4v) is 6.85. The van der Waals surface area contributed by atoms with E-state index in [1.807, 2.05) is 0 Å². The second-order valence-corrected chi connectivity index (χ2v) is 12.4. The van der Waals surface area contributed by atoms with Gasteiger partial charge in [-0.2, -0.15) is 0 Å². The Morgan fingerprint density at radius 2 is 1.42 bits per heavy atom. The molecule has 2 aliphatic rings. The smallest absolute Gasteiger partial charge is 0.323 e. The van der Waals surface area contributed by atoms with E-state index >= 15 is 0 Å². The van der Waals surface area contributed by atoms with Crippen molar-refractivity contribution >= 4 is 50.8 Å². The Morgan fingerprint density at radius 1 is 0.771 bits per heavy atom.